The van der Waals surface area contributed by atoms with Gasteiger partial charge >= 0.3 is 0 Å². The lowest BCUT2D eigenvalue weighted by Crippen LogP contribution is -2.08. The smallest absolute Gasteiger partial charge is 0.300 e. The predicted octanol–water partition coefficient (Wildman–Crippen LogP) is 2.93. The van der Waals surface area contributed by atoms with Gasteiger partial charge in [0.2, 0.25) is 5.95 Å². The lowest BCUT2D eigenvalue weighted by Gasteiger charge is -2.10. The average molecular weight is 429 g/mol. The highest BCUT2D eigenvalue weighted by atomic mass is 16.3. The quantitative estimate of drug-likeness (QED) is 0.407. The molecule has 0 aliphatic rings. The molecule has 1 amide bonds. The van der Waals surface area contributed by atoms with E-state index in [0.29, 0.717) is 18.2 Å². The van der Waals surface area contributed by atoms with Gasteiger partial charge in [0.05, 0.1) is 30.6 Å². The summed E-state index contributed by atoms with van der Waals surface area (Å²) in [6.45, 7) is 6.04. The fraction of sp³-hybridized carbons (Fsp3) is 0.217. The molecule has 4 rings (SSSR count). The zero-order valence-corrected chi connectivity index (χ0v) is 18.0. The highest BCUT2D eigenvalue weighted by molar-refractivity contribution is 6.05. The SMILES string of the molecule is CC#CC(=O)Nc1ccc2c(c1)c(C)cn2-c1nc(Nc2cnn(CCO)c2)ncc1C. The van der Waals surface area contributed by atoms with Crippen molar-refractivity contribution in [2.45, 2.75) is 27.3 Å². The van der Waals surface area contributed by atoms with Gasteiger partial charge < -0.3 is 20.3 Å². The Morgan fingerprint density at radius 2 is 2.00 bits per heavy atom. The number of aliphatic hydroxyl groups is 1. The van der Waals surface area contributed by atoms with E-state index < -0.39 is 0 Å². The number of benzene rings is 1. The van der Waals surface area contributed by atoms with Crippen LogP contribution in [0.1, 0.15) is 18.1 Å². The third-order valence-corrected chi connectivity index (χ3v) is 4.89. The number of rotatable bonds is 6. The topological polar surface area (TPSA) is 110 Å². The molecule has 9 nitrogen and oxygen atoms in total. The van der Waals surface area contributed by atoms with Crippen LogP contribution in [-0.2, 0) is 11.3 Å². The van der Waals surface area contributed by atoms with Crippen molar-refractivity contribution in [3.8, 4) is 17.7 Å². The number of carbonyl (C=O) groups excluding carboxylic acids is 1. The molecule has 162 valence electrons. The Kier molecular flexibility index (Phi) is 5.87. The zero-order chi connectivity index (χ0) is 22.7. The van der Waals surface area contributed by atoms with Crippen LogP contribution in [0.15, 0.2) is 43.0 Å². The third kappa shape index (κ3) is 4.31. The first-order valence-electron chi connectivity index (χ1n) is 10.1. The number of nitrogens with one attached hydrogen (secondary N) is 2. The third-order valence-electron chi connectivity index (χ3n) is 4.89. The lowest BCUT2D eigenvalue weighted by atomic mass is 10.1. The number of hydrogen-bond donors (Lipinski definition) is 3. The number of anilines is 3. The van der Waals surface area contributed by atoms with Crippen molar-refractivity contribution < 1.29 is 9.90 Å². The van der Waals surface area contributed by atoms with E-state index in [4.69, 9.17) is 10.1 Å². The first-order chi connectivity index (χ1) is 15.5. The number of aliphatic hydroxyl groups excluding tert-OH is 1. The van der Waals surface area contributed by atoms with Gasteiger partial charge in [0, 0.05) is 35.2 Å². The van der Waals surface area contributed by atoms with Crippen molar-refractivity contribution in [3.63, 3.8) is 0 Å². The maximum absolute atomic E-state index is 11.8. The Bertz CT molecular complexity index is 1360. The second-order valence-electron chi connectivity index (χ2n) is 7.28. The molecule has 0 spiro atoms. The van der Waals surface area contributed by atoms with Crippen molar-refractivity contribution in [2.24, 2.45) is 0 Å². The molecule has 0 aliphatic heterocycles. The van der Waals surface area contributed by atoms with Crippen molar-refractivity contribution >= 4 is 34.1 Å². The zero-order valence-electron chi connectivity index (χ0n) is 18.0. The first kappa shape index (κ1) is 21.1. The summed E-state index contributed by atoms with van der Waals surface area (Å²) in [4.78, 5) is 20.9. The lowest BCUT2D eigenvalue weighted by molar-refractivity contribution is -0.111. The Balaban J connectivity index is 1.67. The van der Waals surface area contributed by atoms with Crippen LogP contribution in [0.3, 0.4) is 0 Å². The molecule has 0 radical (unpaired) electrons. The fourth-order valence-electron chi connectivity index (χ4n) is 3.44. The fourth-order valence-corrected chi connectivity index (χ4v) is 3.44. The average Bonchev–Trinajstić information content (AvgIpc) is 3.34. The van der Waals surface area contributed by atoms with Gasteiger partial charge in [0.1, 0.15) is 5.82 Å². The molecule has 3 aromatic heterocycles. The molecule has 0 bridgehead atoms. The van der Waals surface area contributed by atoms with E-state index in [-0.39, 0.29) is 12.5 Å². The molecule has 0 aliphatic carbocycles. The number of amides is 1. The molecular weight excluding hydrogens is 406 g/mol. The van der Waals surface area contributed by atoms with Crippen LogP contribution in [0, 0.1) is 25.7 Å². The van der Waals surface area contributed by atoms with Gasteiger partial charge in [0.15, 0.2) is 0 Å². The Labute approximate surface area is 185 Å². The van der Waals surface area contributed by atoms with Crippen LogP contribution < -0.4 is 10.6 Å². The molecule has 0 saturated carbocycles. The summed E-state index contributed by atoms with van der Waals surface area (Å²) in [6, 6.07) is 5.73. The van der Waals surface area contributed by atoms with E-state index in [9.17, 15) is 4.79 Å². The maximum atomic E-state index is 11.8. The van der Waals surface area contributed by atoms with Gasteiger partial charge in [-0.05, 0) is 50.5 Å². The summed E-state index contributed by atoms with van der Waals surface area (Å²) in [5, 5.41) is 20.2. The Morgan fingerprint density at radius 1 is 1.16 bits per heavy atom. The van der Waals surface area contributed by atoms with Gasteiger partial charge in [-0.2, -0.15) is 10.1 Å². The number of fused-ring (bicyclic) bond motifs is 1. The molecule has 4 aromatic rings. The van der Waals surface area contributed by atoms with Gasteiger partial charge in [0.25, 0.3) is 5.91 Å². The standard InChI is InChI=1S/C23H23N7O2/c1-4-5-21(32)26-17-6-7-20-19(10-17)16(3)13-30(20)22-15(2)11-24-23(28-22)27-18-12-25-29(14-18)8-9-31/h6-7,10-14,31H,8-9H2,1-3H3,(H,26,32)(H,24,27,28). The van der Waals surface area contributed by atoms with Gasteiger partial charge in [-0.3, -0.25) is 9.48 Å². The highest BCUT2D eigenvalue weighted by Gasteiger charge is 2.13. The molecule has 3 heterocycles. The maximum Gasteiger partial charge on any atom is 0.300 e. The monoisotopic (exact) mass is 429 g/mol. The number of carbonyl (C=O) groups is 1. The van der Waals surface area contributed by atoms with Gasteiger partial charge in [-0.15, -0.1) is 0 Å². The molecule has 9 heteroatoms. The van der Waals surface area contributed by atoms with E-state index in [0.717, 1.165) is 33.5 Å². The first-order valence-corrected chi connectivity index (χ1v) is 10.1. The molecule has 1 aromatic carbocycles. The van der Waals surface area contributed by atoms with E-state index in [1.165, 1.54) is 0 Å². The second kappa shape index (κ2) is 8.91. The van der Waals surface area contributed by atoms with E-state index >= 15 is 0 Å². The molecule has 0 unspecified atom stereocenters. The molecular formula is C23H23N7O2. The minimum Gasteiger partial charge on any atom is -0.394 e. The van der Waals surface area contributed by atoms with E-state index in [1.54, 1.807) is 30.2 Å². The molecule has 0 atom stereocenters. The van der Waals surface area contributed by atoms with Crippen LogP contribution in [-0.4, -0.2) is 41.9 Å². The van der Waals surface area contributed by atoms with E-state index in [2.05, 4.69) is 32.6 Å². The summed E-state index contributed by atoms with van der Waals surface area (Å²) in [5.74, 6) is 5.93. The van der Waals surface area contributed by atoms with Crippen LogP contribution in [0.2, 0.25) is 0 Å². The summed E-state index contributed by atoms with van der Waals surface area (Å²) < 4.78 is 3.65. The summed E-state index contributed by atoms with van der Waals surface area (Å²) in [6.07, 6.45) is 7.22. The van der Waals surface area contributed by atoms with Crippen LogP contribution in [0.4, 0.5) is 17.3 Å². The Morgan fingerprint density at radius 3 is 2.78 bits per heavy atom. The molecule has 3 N–H and O–H groups in total. The molecule has 0 fully saturated rings. The highest BCUT2D eigenvalue weighted by Crippen LogP contribution is 2.28. The van der Waals surface area contributed by atoms with Crippen LogP contribution >= 0.6 is 0 Å². The van der Waals surface area contributed by atoms with Crippen molar-refractivity contribution in [1.29, 1.82) is 0 Å². The van der Waals surface area contributed by atoms with Gasteiger partial charge in [-0.25, -0.2) is 4.98 Å². The van der Waals surface area contributed by atoms with E-state index in [1.807, 2.05) is 42.8 Å². The largest absolute Gasteiger partial charge is 0.394 e. The second-order valence-corrected chi connectivity index (χ2v) is 7.28. The number of aryl methyl sites for hydroxylation is 2. The molecule has 32 heavy (non-hydrogen) atoms. The Hall–Kier alpha value is -4.16. The van der Waals surface area contributed by atoms with Crippen LogP contribution in [0.25, 0.3) is 16.7 Å². The number of hydrogen-bond acceptors (Lipinski definition) is 6. The number of aromatic nitrogens is 5. The normalized spacial score (nSPS) is 10.6. The summed E-state index contributed by atoms with van der Waals surface area (Å²) >= 11 is 0. The predicted molar refractivity (Wildman–Crippen MR) is 123 cm³/mol. The minimum absolute atomic E-state index is 0.0176. The van der Waals surface area contributed by atoms with Gasteiger partial charge in [-0.1, -0.05) is 5.92 Å². The van der Waals surface area contributed by atoms with Crippen molar-refractivity contribution in [1.82, 2.24) is 24.3 Å². The number of nitrogens with zero attached hydrogens (tertiary/aromatic N) is 5. The summed E-state index contributed by atoms with van der Waals surface area (Å²) in [7, 11) is 0. The minimum atomic E-state index is -0.339. The van der Waals surface area contributed by atoms with Crippen molar-refractivity contribution in [3.05, 3.63) is 54.1 Å². The van der Waals surface area contributed by atoms with Crippen LogP contribution in [0.5, 0.6) is 0 Å². The summed E-state index contributed by atoms with van der Waals surface area (Å²) in [5.41, 5.74) is 4.35. The molecule has 0 saturated heterocycles. The van der Waals surface area contributed by atoms with Crippen molar-refractivity contribution in [2.75, 3.05) is 17.2 Å².